The first kappa shape index (κ1) is 14.4. The van der Waals surface area contributed by atoms with Crippen LogP contribution in [0.1, 0.15) is 0 Å². The van der Waals surface area contributed by atoms with Gasteiger partial charge in [-0.25, -0.2) is 4.39 Å². The Morgan fingerprint density at radius 1 is 0.708 bits per heavy atom. The highest BCUT2D eigenvalue weighted by atomic mass is 19.1. The lowest BCUT2D eigenvalue weighted by Gasteiger charge is -2.06. The third kappa shape index (κ3) is 2.61. The van der Waals surface area contributed by atoms with Gasteiger partial charge in [-0.15, -0.1) is 0 Å². The van der Waals surface area contributed by atoms with Gasteiger partial charge in [0.1, 0.15) is 17.2 Å². The van der Waals surface area contributed by atoms with Crippen LogP contribution in [0.3, 0.4) is 0 Å². The lowest BCUT2D eigenvalue weighted by Crippen LogP contribution is -2.00. The molecule has 4 rings (SSSR count). The summed E-state index contributed by atoms with van der Waals surface area (Å²) in [6, 6.07) is 22.6. The van der Waals surface area contributed by atoms with Crippen LogP contribution in [-0.2, 0) is 0 Å². The molecule has 116 valence electrons. The number of fused-ring (bicyclic) bond motifs is 1. The van der Waals surface area contributed by atoms with Crippen molar-refractivity contribution in [3.8, 4) is 22.5 Å². The van der Waals surface area contributed by atoms with Crippen molar-refractivity contribution in [2.75, 3.05) is 0 Å². The van der Waals surface area contributed by atoms with E-state index in [-0.39, 0.29) is 11.2 Å². The van der Waals surface area contributed by atoms with Gasteiger partial charge in [0.15, 0.2) is 5.43 Å². The molecule has 0 amide bonds. The third-order valence-corrected chi connectivity index (χ3v) is 3.96. The third-order valence-electron chi connectivity index (χ3n) is 3.96. The molecule has 2 nitrogen and oxygen atoms in total. The molecular weight excluding hydrogens is 303 g/mol. The van der Waals surface area contributed by atoms with Gasteiger partial charge < -0.3 is 4.42 Å². The summed E-state index contributed by atoms with van der Waals surface area (Å²) in [4.78, 5) is 12.5. The van der Waals surface area contributed by atoms with Crippen LogP contribution >= 0.6 is 0 Å². The van der Waals surface area contributed by atoms with Gasteiger partial charge in [0.2, 0.25) is 0 Å². The Hall–Kier alpha value is -3.20. The van der Waals surface area contributed by atoms with E-state index in [2.05, 4.69) is 0 Å². The number of hydrogen-bond donors (Lipinski definition) is 0. The predicted molar refractivity (Wildman–Crippen MR) is 93.3 cm³/mol. The second kappa shape index (κ2) is 5.78. The summed E-state index contributed by atoms with van der Waals surface area (Å²) < 4.78 is 18.9. The molecule has 0 atom stereocenters. The van der Waals surface area contributed by atoms with Gasteiger partial charge in [0.05, 0.1) is 5.39 Å². The molecule has 3 aromatic carbocycles. The van der Waals surface area contributed by atoms with Crippen LogP contribution in [0.4, 0.5) is 4.39 Å². The molecule has 0 unspecified atom stereocenters. The van der Waals surface area contributed by atoms with Crippen LogP contribution in [0.2, 0.25) is 0 Å². The number of halogens is 1. The molecule has 0 fully saturated rings. The molecule has 0 aliphatic rings. The zero-order valence-corrected chi connectivity index (χ0v) is 12.7. The molecule has 1 heterocycles. The monoisotopic (exact) mass is 316 g/mol. The van der Waals surface area contributed by atoms with Crippen molar-refractivity contribution in [1.29, 1.82) is 0 Å². The van der Waals surface area contributed by atoms with E-state index in [1.54, 1.807) is 24.3 Å². The Morgan fingerprint density at radius 3 is 2.17 bits per heavy atom. The molecular formula is C21H13FO2. The fourth-order valence-electron chi connectivity index (χ4n) is 2.72. The average molecular weight is 316 g/mol. The summed E-state index contributed by atoms with van der Waals surface area (Å²) in [6.45, 7) is 0. The standard InChI is InChI=1S/C21H13FO2/c22-17-9-6-14(7-10-17)16-8-11-20-18(12-16)19(23)13-21(24-20)15-4-2-1-3-5-15/h1-13H. The molecule has 0 saturated heterocycles. The molecule has 0 aliphatic carbocycles. The largest absolute Gasteiger partial charge is 0.456 e. The van der Waals surface area contributed by atoms with Crippen molar-refractivity contribution in [2.45, 2.75) is 0 Å². The number of benzene rings is 3. The van der Waals surface area contributed by atoms with Crippen molar-refractivity contribution in [3.05, 3.63) is 94.9 Å². The van der Waals surface area contributed by atoms with Crippen molar-refractivity contribution in [3.63, 3.8) is 0 Å². The Kier molecular flexibility index (Phi) is 3.47. The number of rotatable bonds is 2. The summed E-state index contributed by atoms with van der Waals surface area (Å²) in [7, 11) is 0. The minimum absolute atomic E-state index is 0.0981. The molecule has 4 aromatic rings. The van der Waals surface area contributed by atoms with Crippen molar-refractivity contribution < 1.29 is 8.81 Å². The van der Waals surface area contributed by atoms with Crippen LogP contribution in [-0.4, -0.2) is 0 Å². The van der Waals surface area contributed by atoms with Crippen molar-refractivity contribution >= 4 is 11.0 Å². The molecule has 0 spiro atoms. The summed E-state index contributed by atoms with van der Waals surface area (Å²) in [6.07, 6.45) is 0. The quantitative estimate of drug-likeness (QED) is 0.504. The Bertz CT molecular complexity index is 1060. The maximum absolute atomic E-state index is 13.1. The van der Waals surface area contributed by atoms with Crippen molar-refractivity contribution in [1.82, 2.24) is 0 Å². The maximum atomic E-state index is 13.1. The predicted octanol–water partition coefficient (Wildman–Crippen LogP) is 5.27. The van der Waals surface area contributed by atoms with E-state index in [0.717, 1.165) is 16.7 Å². The second-order valence-corrected chi connectivity index (χ2v) is 5.56. The van der Waals surface area contributed by atoms with Crippen LogP contribution in [0.15, 0.2) is 88.1 Å². The van der Waals surface area contributed by atoms with E-state index < -0.39 is 0 Å². The first-order valence-electron chi connectivity index (χ1n) is 7.60. The van der Waals surface area contributed by atoms with Crippen LogP contribution in [0.5, 0.6) is 0 Å². The van der Waals surface area contributed by atoms with Gasteiger partial charge in [-0.2, -0.15) is 0 Å². The van der Waals surface area contributed by atoms with E-state index in [9.17, 15) is 9.18 Å². The van der Waals surface area contributed by atoms with E-state index >= 15 is 0 Å². The maximum Gasteiger partial charge on any atom is 0.193 e. The van der Waals surface area contributed by atoms with E-state index in [1.807, 2.05) is 36.4 Å². The summed E-state index contributed by atoms with van der Waals surface area (Å²) in [5.74, 6) is 0.259. The van der Waals surface area contributed by atoms with E-state index in [1.165, 1.54) is 18.2 Å². The molecule has 24 heavy (non-hydrogen) atoms. The highest BCUT2D eigenvalue weighted by Crippen LogP contribution is 2.26. The van der Waals surface area contributed by atoms with Crippen LogP contribution in [0.25, 0.3) is 33.4 Å². The first-order chi connectivity index (χ1) is 11.7. The minimum atomic E-state index is -0.286. The fraction of sp³-hybridized carbons (Fsp3) is 0. The topological polar surface area (TPSA) is 30.2 Å². The van der Waals surface area contributed by atoms with Crippen LogP contribution < -0.4 is 5.43 Å². The number of hydrogen-bond acceptors (Lipinski definition) is 2. The van der Waals surface area contributed by atoms with Gasteiger partial charge in [0.25, 0.3) is 0 Å². The summed E-state index contributed by atoms with van der Waals surface area (Å²) >= 11 is 0. The Balaban J connectivity index is 1.85. The molecule has 0 N–H and O–H groups in total. The van der Waals surface area contributed by atoms with E-state index in [4.69, 9.17) is 4.42 Å². The Labute approximate surface area is 137 Å². The molecule has 0 radical (unpaired) electrons. The van der Waals surface area contributed by atoms with Crippen molar-refractivity contribution in [2.24, 2.45) is 0 Å². The average Bonchev–Trinajstić information content (AvgIpc) is 2.63. The fourth-order valence-corrected chi connectivity index (χ4v) is 2.72. The minimum Gasteiger partial charge on any atom is -0.456 e. The zero-order chi connectivity index (χ0) is 16.5. The molecule has 3 heteroatoms. The summed E-state index contributed by atoms with van der Waals surface area (Å²) in [5, 5.41) is 0.511. The van der Waals surface area contributed by atoms with Gasteiger partial charge in [-0.3, -0.25) is 4.79 Å². The molecule has 0 aliphatic heterocycles. The van der Waals surface area contributed by atoms with Gasteiger partial charge in [-0.05, 0) is 35.4 Å². The van der Waals surface area contributed by atoms with Crippen LogP contribution in [0, 0.1) is 5.82 Å². The van der Waals surface area contributed by atoms with Gasteiger partial charge in [-0.1, -0.05) is 48.5 Å². The lowest BCUT2D eigenvalue weighted by molar-refractivity contribution is 0.619. The lowest BCUT2D eigenvalue weighted by atomic mass is 10.0. The SMILES string of the molecule is O=c1cc(-c2ccccc2)oc2ccc(-c3ccc(F)cc3)cc12. The molecule has 1 aromatic heterocycles. The molecule has 0 bridgehead atoms. The molecule has 0 saturated carbocycles. The summed E-state index contributed by atoms with van der Waals surface area (Å²) in [5.41, 5.74) is 3.00. The zero-order valence-electron chi connectivity index (χ0n) is 12.7. The van der Waals surface area contributed by atoms with Gasteiger partial charge >= 0.3 is 0 Å². The smallest absolute Gasteiger partial charge is 0.193 e. The second-order valence-electron chi connectivity index (χ2n) is 5.56. The van der Waals surface area contributed by atoms with E-state index in [0.29, 0.717) is 16.7 Å². The normalized spacial score (nSPS) is 10.9. The Morgan fingerprint density at radius 2 is 1.42 bits per heavy atom. The highest BCUT2D eigenvalue weighted by molar-refractivity contribution is 5.84. The first-order valence-corrected chi connectivity index (χ1v) is 7.60. The highest BCUT2D eigenvalue weighted by Gasteiger charge is 2.08. The van der Waals surface area contributed by atoms with Gasteiger partial charge in [0, 0.05) is 11.6 Å².